The predicted octanol–water partition coefficient (Wildman–Crippen LogP) is 4.96. The van der Waals surface area contributed by atoms with Crippen LogP contribution in [0.2, 0.25) is 10.0 Å². The van der Waals surface area contributed by atoms with Crippen molar-refractivity contribution in [1.29, 1.82) is 0 Å². The van der Waals surface area contributed by atoms with Crippen LogP contribution in [-0.4, -0.2) is 51.7 Å². The molecule has 0 atom stereocenters. The van der Waals surface area contributed by atoms with Gasteiger partial charge in [-0.1, -0.05) is 53.2 Å². The average Bonchev–Trinajstić information content (AvgIpc) is 3.08. The Morgan fingerprint density at radius 2 is 1.59 bits per heavy atom. The molecule has 2 fully saturated rings. The molecule has 2 aromatic carbocycles. The molecule has 0 bridgehead atoms. The Morgan fingerprint density at radius 3 is 2.17 bits per heavy atom. The lowest BCUT2D eigenvalue weighted by atomic mass is 10.0. The molecule has 2 aliphatic heterocycles. The third-order valence-electron chi connectivity index (χ3n) is 5.29. The van der Waals surface area contributed by atoms with Gasteiger partial charge in [0.2, 0.25) is 5.91 Å². The zero-order chi connectivity index (χ0) is 20.5. The van der Waals surface area contributed by atoms with Crippen LogP contribution in [0.25, 0.3) is 11.1 Å². The van der Waals surface area contributed by atoms with Gasteiger partial charge in [0.15, 0.2) is 0 Å². The summed E-state index contributed by atoms with van der Waals surface area (Å²) in [4.78, 5) is 39.8. The third kappa shape index (κ3) is 4.15. The number of piperidine rings is 1. The summed E-state index contributed by atoms with van der Waals surface area (Å²) < 4.78 is 0. The number of amides is 3. The van der Waals surface area contributed by atoms with Crippen LogP contribution in [0.15, 0.2) is 42.5 Å². The Hall–Kier alpha value is -2.02. The fraction of sp³-hybridized carbons (Fsp3) is 0.286. The quantitative estimate of drug-likeness (QED) is 0.665. The van der Waals surface area contributed by atoms with Gasteiger partial charge in [-0.25, -0.2) is 0 Å². The standard InChI is InChI=1S/C21H18Cl2N2O3S/c22-17-6-5-15(11-18(17)23)13-1-3-14(4-2-13)20(27)24-9-7-16(8-10-24)25-19(26)12-29-21(25)28/h1-6,11,16H,7-10,12H2. The van der Waals surface area contributed by atoms with Crippen molar-refractivity contribution in [2.75, 3.05) is 18.8 Å². The molecule has 0 saturated carbocycles. The Kier molecular flexibility index (Phi) is 5.86. The van der Waals surface area contributed by atoms with Gasteiger partial charge in [0.05, 0.1) is 15.8 Å². The molecule has 2 aliphatic rings. The van der Waals surface area contributed by atoms with Crippen LogP contribution in [0.4, 0.5) is 4.79 Å². The van der Waals surface area contributed by atoms with E-state index in [2.05, 4.69) is 0 Å². The highest BCUT2D eigenvalue weighted by atomic mass is 35.5. The molecule has 0 aromatic heterocycles. The summed E-state index contributed by atoms with van der Waals surface area (Å²) >= 11 is 13.1. The number of carbonyl (C=O) groups is 3. The van der Waals surface area contributed by atoms with Gasteiger partial charge >= 0.3 is 0 Å². The highest BCUT2D eigenvalue weighted by Gasteiger charge is 2.38. The lowest BCUT2D eigenvalue weighted by molar-refractivity contribution is -0.126. The van der Waals surface area contributed by atoms with E-state index in [0.717, 1.165) is 22.9 Å². The first-order valence-corrected chi connectivity index (χ1v) is 11.0. The average molecular weight is 449 g/mol. The zero-order valence-corrected chi connectivity index (χ0v) is 17.8. The molecule has 8 heteroatoms. The van der Waals surface area contributed by atoms with Crippen LogP contribution < -0.4 is 0 Å². The molecule has 2 saturated heterocycles. The predicted molar refractivity (Wildman–Crippen MR) is 116 cm³/mol. The highest BCUT2D eigenvalue weighted by Crippen LogP contribution is 2.30. The number of hydrogen-bond donors (Lipinski definition) is 0. The second-order valence-electron chi connectivity index (χ2n) is 7.05. The smallest absolute Gasteiger partial charge is 0.289 e. The van der Waals surface area contributed by atoms with Gasteiger partial charge in [0.25, 0.3) is 11.1 Å². The molecule has 2 aromatic rings. The minimum absolute atomic E-state index is 0.0439. The lowest BCUT2D eigenvalue weighted by Gasteiger charge is -2.35. The van der Waals surface area contributed by atoms with Crippen molar-refractivity contribution in [2.45, 2.75) is 18.9 Å². The zero-order valence-electron chi connectivity index (χ0n) is 15.4. The molecule has 0 spiro atoms. The fourth-order valence-electron chi connectivity index (χ4n) is 3.71. The topological polar surface area (TPSA) is 57.7 Å². The van der Waals surface area contributed by atoms with E-state index < -0.39 is 0 Å². The number of hydrogen-bond acceptors (Lipinski definition) is 4. The molecule has 29 heavy (non-hydrogen) atoms. The molecule has 150 valence electrons. The van der Waals surface area contributed by atoms with E-state index in [4.69, 9.17) is 23.2 Å². The molecule has 5 nitrogen and oxygen atoms in total. The van der Waals surface area contributed by atoms with E-state index in [1.165, 1.54) is 4.90 Å². The van der Waals surface area contributed by atoms with Gasteiger partial charge in [0.1, 0.15) is 0 Å². The number of benzene rings is 2. The number of thioether (sulfide) groups is 1. The highest BCUT2D eigenvalue weighted by molar-refractivity contribution is 8.14. The number of likely N-dealkylation sites (tertiary alicyclic amines) is 1. The summed E-state index contributed by atoms with van der Waals surface area (Å²) in [7, 11) is 0. The van der Waals surface area contributed by atoms with Gasteiger partial charge < -0.3 is 4.90 Å². The van der Waals surface area contributed by atoms with Crippen molar-refractivity contribution in [3.63, 3.8) is 0 Å². The summed E-state index contributed by atoms with van der Waals surface area (Å²) in [6.07, 6.45) is 1.23. The summed E-state index contributed by atoms with van der Waals surface area (Å²) in [5, 5.41) is 0.819. The van der Waals surface area contributed by atoms with Gasteiger partial charge in [-0.05, 0) is 48.2 Å². The van der Waals surface area contributed by atoms with Crippen molar-refractivity contribution in [3.05, 3.63) is 58.1 Å². The Balaban J connectivity index is 1.40. The molecule has 4 rings (SSSR count). The normalized spacial score (nSPS) is 17.9. The molecular weight excluding hydrogens is 431 g/mol. The fourth-order valence-corrected chi connectivity index (χ4v) is 4.78. The number of imide groups is 1. The Bertz CT molecular complexity index is 956. The Morgan fingerprint density at radius 1 is 0.931 bits per heavy atom. The van der Waals surface area contributed by atoms with Gasteiger partial charge in [-0.15, -0.1) is 0 Å². The van der Waals surface area contributed by atoms with Crippen LogP contribution >= 0.6 is 35.0 Å². The summed E-state index contributed by atoms with van der Waals surface area (Å²) in [6, 6.07) is 12.7. The second-order valence-corrected chi connectivity index (χ2v) is 8.79. The Labute approximate surface area is 182 Å². The van der Waals surface area contributed by atoms with Crippen LogP contribution in [0.3, 0.4) is 0 Å². The SMILES string of the molecule is O=C(c1ccc(-c2ccc(Cl)c(Cl)c2)cc1)N1CCC(N2C(=O)CSC2=O)CC1. The molecule has 3 amide bonds. The first-order valence-electron chi connectivity index (χ1n) is 9.27. The first kappa shape index (κ1) is 20.3. The summed E-state index contributed by atoms with van der Waals surface area (Å²) in [5.41, 5.74) is 2.48. The van der Waals surface area contributed by atoms with Gasteiger partial charge in [0, 0.05) is 24.7 Å². The van der Waals surface area contributed by atoms with Crippen molar-refractivity contribution in [2.24, 2.45) is 0 Å². The lowest BCUT2D eigenvalue weighted by Crippen LogP contribution is -2.48. The maximum atomic E-state index is 12.8. The molecule has 2 heterocycles. The summed E-state index contributed by atoms with van der Waals surface area (Å²) in [5.74, 6) is 0.0589. The van der Waals surface area contributed by atoms with Crippen molar-refractivity contribution in [3.8, 4) is 11.1 Å². The second kappa shape index (κ2) is 8.38. The van der Waals surface area contributed by atoms with E-state index in [9.17, 15) is 14.4 Å². The molecular formula is C21H18Cl2N2O3S. The summed E-state index contributed by atoms with van der Waals surface area (Å²) in [6.45, 7) is 1.06. The van der Waals surface area contributed by atoms with Crippen LogP contribution in [0.1, 0.15) is 23.2 Å². The van der Waals surface area contributed by atoms with Gasteiger partial charge in [-0.3, -0.25) is 19.3 Å². The van der Waals surface area contributed by atoms with Crippen molar-refractivity contribution >= 4 is 52.0 Å². The van der Waals surface area contributed by atoms with E-state index in [-0.39, 0.29) is 28.8 Å². The minimum Gasteiger partial charge on any atom is -0.338 e. The molecule has 0 N–H and O–H groups in total. The number of rotatable bonds is 3. The molecule has 0 radical (unpaired) electrons. The maximum Gasteiger partial charge on any atom is 0.289 e. The first-order chi connectivity index (χ1) is 13.9. The molecule has 0 aliphatic carbocycles. The van der Waals surface area contributed by atoms with Crippen molar-refractivity contribution in [1.82, 2.24) is 9.80 Å². The van der Waals surface area contributed by atoms with Gasteiger partial charge in [-0.2, -0.15) is 0 Å². The van der Waals surface area contributed by atoms with E-state index in [0.29, 0.717) is 41.5 Å². The maximum absolute atomic E-state index is 12.8. The number of nitrogens with zero attached hydrogens (tertiary/aromatic N) is 2. The monoisotopic (exact) mass is 448 g/mol. The molecule has 0 unspecified atom stereocenters. The third-order valence-corrected chi connectivity index (χ3v) is 6.86. The van der Waals surface area contributed by atoms with E-state index in [1.54, 1.807) is 29.2 Å². The minimum atomic E-state index is -0.169. The number of carbonyl (C=O) groups excluding carboxylic acids is 3. The largest absolute Gasteiger partial charge is 0.338 e. The van der Waals surface area contributed by atoms with Crippen LogP contribution in [0.5, 0.6) is 0 Å². The van der Waals surface area contributed by atoms with Crippen LogP contribution in [0, 0.1) is 0 Å². The van der Waals surface area contributed by atoms with E-state index >= 15 is 0 Å². The van der Waals surface area contributed by atoms with Crippen molar-refractivity contribution < 1.29 is 14.4 Å². The van der Waals surface area contributed by atoms with E-state index in [1.807, 2.05) is 18.2 Å². The van der Waals surface area contributed by atoms with Crippen LogP contribution in [-0.2, 0) is 4.79 Å². The number of halogens is 2.